The first-order chi connectivity index (χ1) is 18.6. The average Bonchev–Trinajstić information content (AvgIpc) is 2.89. The molecule has 2 amide bonds. The maximum Gasteiger partial charge on any atom is 0.271 e. The Labute approximate surface area is 237 Å². The van der Waals surface area contributed by atoms with Gasteiger partial charge >= 0.3 is 0 Å². The van der Waals surface area contributed by atoms with Crippen molar-refractivity contribution in [3.05, 3.63) is 90.9 Å². The summed E-state index contributed by atoms with van der Waals surface area (Å²) in [6.45, 7) is 3.57. The number of hydrogen-bond acceptors (Lipinski definition) is 7. The molecule has 0 saturated carbocycles. The Hall–Kier alpha value is -4.40. The van der Waals surface area contributed by atoms with Crippen LogP contribution in [0.4, 0.5) is 17.1 Å². The van der Waals surface area contributed by atoms with Crippen molar-refractivity contribution in [2.24, 2.45) is 0 Å². The van der Waals surface area contributed by atoms with Gasteiger partial charge in [0, 0.05) is 28.5 Å². The van der Waals surface area contributed by atoms with E-state index in [0.717, 1.165) is 5.56 Å². The SMILES string of the molecule is CCOc1cc(/C=C(/C#N)C(=O)Nc2cccc([N+](=O)[O-])c2)cc(Br)c1OCC(=O)Nc1ccc(C)c(Cl)c1. The van der Waals surface area contributed by atoms with E-state index in [1.54, 1.807) is 37.3 Å². The largest absolute Gasteiger partial charge is 0.490 e. The topological polar surface area (TPSA) is 144 Å². The third-order valence-electron chi connectivity index (χ3n) is 5.13. The van der Waals surface area contributed by atoms with E-state index in [-0.39, 0.29) is 41.7 Å². The molecule has 0 fully saturated rings. The zero-order valence-electron chi connectivity index (χ0n) is 20.8. The Bertz CT molecular complexity index is 1500. The summed E-state index contributed by atoms with van der Waals surface area (Å²) in [6, 6.07) is 15.5. The van der Waals surface area contributed by atoms with Crippen molar-refractivity contribution in [2.75, 3.05) is 23.8 Å². The van der Waals surface area contributed by atoms with E-state index in [4.69, 9.17) is 21.1 Å². The number of non-ortho nitro benzene ring substituents is 1. The van der Waals surface area contributed by atoms with E-state index in [1.165, 1.54) is 30.3 Å². The predicted molar refractivity (Wildman–Crippen MR) is 151 cm³/mol. The van der Waals surface area contributed by atoms with Crippen LogP contribution in [0, 0.1) is 28.4 Å². The Morgan fingerprint density at radius 2 is 1.87 bits per heavy atom. The molecule has 0 aliphatic rings. The van der Waals surface area contributed by atoms with E-state index in [1.807, 2.05) is 13.0 Å². The number of ether oxygens (including phenoxy) is 2. The Morgan fingerprint density at radius 3 is 2.54 bits per heavy atom. The lowest BCUT2D eigenvalue weighted by atomic mass is 10.1. The molecule has 39 heavy (non-hydrogen) atoms. The number of aryl methyl sites for hydroxylation is 1. The van der Waals surface area contributed by atoms with Gasteiger partial charge in [0.05, 0.1) is 16.0 Å². The van der Waals surface area contributed by atoms with E-state index < -0.39 is 16.7 Å². The zero-order valence-corrected chi connectivity index (χ0v) is 23.1. The van der Waals surface area contributed by atoms with Crippen LogP contribution in [0.25, 0.3) is 6.08 Å². The number of nitrogens with zero attached hydrogens (tertiary/aromatic N) is 2. The summed E-state index contributed by atoms with van der Waals surface area (Å²) >= 11 is 9.50. The number of rotatable bonds is 10. The number of carbonyl (C=O) groups is 2. The van der Waals surface area contributed by atoms with Gasteiger partial charge in [0.25, 0.3) is 17.5 Å². The average molecular weight is 614 g/mol. The quantitative estimate of drug-likeness (QED) is 0.118. The molecule has 0 unspecified atom stereocenters. The summed E-state index contributed by atoms with van der Waals surface area (Å²) in [7, 11) is 0. The van der Waals surface area contributed by atoms with Crippen LogP contribution in [-0.2, 0) is 9.59 Å². The lowest BCUT2D eigenvalue weighted by Gasteiger charge is -2.15. The number of nitro benzene ring substituents is 1. The van der Waals surface area contributed by atoms with Gasteiger partial charge in [0.2, 0.25) is 0 Å². The molecule has 12 heteroatoms. The van der Waals surface area contributed by atoms with Crippen LogP contribution in [0.2, 0.25) is 5.02 Å². The maximum atomic E-state index is 12.7. The number of nitro groups is 1. The zero-order chi connectivity index (χ0) is 28.5. The fraction of sp³-hybridized carbons (Fsp3) is 0.148. The summed E-state index contributed by atoms with van der Waals surface area (Å²) in [5, 5.41) is 26.3. The number of carbonyl (C=O) groups excluding carboxylic acids is 2. The second-order valence-electron chi connectivity index (χ2n) is 8.00. The van der Waals surface area contributed by atoms with Gasteiger partial charge in [-0.25, -0.2) is 0 Å². The van der Waals surface area contributed by atoms with Crippen LogP contribution in [0.3, 0.4) is 0 Å². The molecule has 10 nitrogen and oxygen atoms in total. The summed E-state index contributed by atoms with van der Waals surface area (Å²) in [5.74, 6) is -0.635. The third kappa shape index (κ3) is 8.04. The number of nitrogens with one attached hydrogen (secondary N) is 2. The van der Waals surface area contributed by atoms with Crippen molar-refractivity contribution in [3.8, 4) is 17.6 Å². The number of anilines is 2. The van der Waals surface area contributed by atoms with Crippen molar-refractivity contribution >= 4 is 62.5 Å². The Balaban J connectivity index is 1.77. The van der Waals surface area contributed by atoms with Gasteiger partial charge in [0.1, 0.15) is 11.6 Å². The predicted octanol–water partition coefficient (Wildman–Crippen LogP) is 6.28. The monoisotopic (exact) mass is 612 g/mol. The van der Waals surface area contributed by atoms with Crippen molar-refractivity contribution in [1.29, 1.82) is 5.26 Å². The van der Waals surface area contributed by atoms with Crippen LogP contribution in [-0.4, -0.2) is 30.0 Å². The van der Waals surface area contributed by atoms with Gasteiger partial charge in [0.15, 0.2) is 18.1 Å². The molecule has 0 aliphatic carbocycles. The summed E-state index contributed by atoms with van der Waals surface area (Å²) in [6.07, 6.45) is 1.33. The van der Waals surface area contributed by atoms with E-state index in [2.05, 4.69) is 26.6 Å². The summed E-state index contributed by atoms with van der Waals surface area (Å²) < 4.78 is 11.8. The molecule has 0 bridgehead atoms. The van der Waals surface area contributed by atoms with Gasteiger partial charge in [-0.05, 0) is 77.3 Å². The van der Waals surface area contributed by atoms with Gasteiger partial charge < -0.3 is 20.1 Å². The molecule has 0 saturated heterocycles. The van der Waals surface area contributed by atoms with Gasteiger partial charge in [-0.1, -0.05) is 23.7 Å². The van der Waals surface area contributed by atoms with Crippen LogP contribution >= 0.6 is 27.5 Å². The molecular formula is C27H22BrClN4O6. The smallest absolute Gasteiger partial charge is 0.271 e. The highest BCUT2D eigenvalue weighted by Gasteiger charge is 2.17. The number of nitriles is 1. The first-order valence-corrected chi connectivity index (χ1v) is 12.6. The highest BCUT2D eigenvalue weighted by atomic mass is 79.9. The fourth-order valence-corrected chi connectivity index (χ4v) is 4.05. The first-order valence-electron chi connectivity index (χ1n) is 11.4. The standard InChI is InChI=1S/C27H22BrClN4O6/c1-3-38-24-11-17(9-18(14-30)27(35)32-19-5-4-6-21(12-19)33(36)37)10-22(28)26(24)39-15-25(34)31-20-8-7-16(2)23(29)13-20/h4-13H,3,15H2,1-2H3,(H,31,34)(H,32,35)/b18-9-. The molecule has 0 heterocycles. The maximum absolute atomic E-state index is 12.7. The van der Waals surface area contributed by atoms with Crippen LogP contribution < -0.4 is 20.1 Å². The lowest BCUT2D eigenvalue weighted by Crippen LogP contribution is -2.20. The van der Waals surface area contributed by atoms with Crippen molar-refractivity contribution < 1.29 is 24.0 Å². The molecule has 0 radical (unpaired) electrons. The Kier molecular flexibility index (Phi) is 10.0. The number of halogens is 2. The lowest BCUT2D eigenvalue weighted by molar-refractivity contribution is -0.384. The molecule has 2 N–H and O–H groups in total. The van der Waals surface area contributed by atoms with E-state index in [9.17, 15) is 25.0 Å². The number of amides is 2. The number of benzene rings is 3. The molecule has 3 aromatic carbocycles. The second kappa shape index (κ2) is 13.4. The molecule has 3 aromatic rings. The Morgan fingerprint density at radius 1 is 1.13 bits per heavy atom. The third-order valence-corrected chi connectivity index (χ3v) is 6.12. The van der Waals surface area contributed by atoms with Gasteiger partial charge in [-0.2, -0.15) is 5.26 Å². The highest BCUT2D eigenvalue weighted by molar-refractivity contribution is 9.10. The van der Waals surface area contributed by atoms with Crippen molar-refractivity contribution in [3.63, 3.8) is 0 Å². The molecule has 0 spiro atoms. The fourth-order valence-electron chi connectivity index (χ4n) is 3.29. The summed E-state index contributed by atoms with van der Waals surface area (Å²) in [5.41, 5.74) is 1.56. The van der Waals surface area contributed by atoms with Crippen molar-refractivity contribution in [1.82, 2.24) is 0 Å². The minimum absolute atomic E-state index is 0.168. The highest BCUT2D eigenvalue weighted by Crippen LogP contribution is 2.37. The van der Waals surface area contributed by atoms with Crippen molar-refractivity contribution in [2.45, 2.75) is 13.8 Å². The van der Waals surface area contributed by atoms with E-state index >= 15 is 0 Å². The molecular weight excluding hydrogens is 592 g/mol. The molecule has 0 atom stereocenters. The summed E-state index contributed by atoms with van der Waals surface area (Å²) in [4.78, 5) is 35.5. The minimum atomic E-state index is -0.750. The molecule has 0 aromatic heterocycles. The van der Waals surface area contributed by atoms with E-state index in [0.29, 0.717) is 20.7 Å². The first kappa shape index (κ1) is 29.2. The van der Waals surface area contributed by atoms with Gasteiger partial charge in [-0.3, -0.25) is 19.7 Å². The van der Waals surface area contributed by atoms with Crippen LogP contribution in [0.1, 0.15) is 18.1 Å². The van der Waals surface area contributed by atoms with Gasteiger partial charge in [-0.15, -0.1) is 0 Å². The molecule has 200 valence electrons. The normalized spacial score (nSPS) is 10.8. The van der Waals surface area contributed by atoms with Crippen LogP contribution in [0.5, 0.6) is 11.5 Å². The molecule has 3 rings (SSSR count). The minimum Gasteiger partial charge on any atom is -0.490 e. The number of hydrogen-bond donors (Lipinski definition) is 2. The molecule has 0 aliphatic heterocycles. The second-order valence-corrected chi connectivity index (χ2v) is 9.26. The van der Waals surface area contributed by atoms with Crippen LogP contribution in [0.15, 0.2) is 64.6 Å².